The minimum Gasteiger partial charge on any atom is -0.339 e. The van der Waals surface area contributed by atoms with E-state index >= 15 is 0 Å². The molecule has 3 nitrogen and oxygen atoms in total. The van der Waals surface area contributed by atoms with Crippen molar-refractivity contribution in [2.45, 2.75) is 34.1 Å². The molecule has 0 fully saturated rings. The molecule has 0 aliphatic rings. The molecule has 0 radical (unpaired) electrons. The largest absolute Gasteiger partial charge is 0.339 e. The number of amides is 1. The zero-order valence-electron chi connectivity index (χ0n) is 14.2. The SMILES string of the molecule is CC.CCN(CCCN(C)C)C(=O)c1ccc(Cl)c(C)c1. The second kappa shape index (κ2) is 10.6. The number of hydrogen-bond acceptors (Lipinski definition) is 2. The third kappa shape index (κ3) is 6.96. The number of halogens is 1. The molecule has 4 heteroatoms. The minimum absolute atomic E-state index is 0.0843. The van der Waals surface area contributed by atoms with Gasteiger partial charge >= 0.3 is 0 Å². The van der Waals surface area contributed by atoms with E-state index in [4.69, 9.17) is 11.6 Å². The smallest absolute Gasteiger partial charge is 0.253 e. The zero-order valence-corrected chi connectivity index (χ0v) is 15.0. The maximum Gasteiger partial charge on any atom is 0.253 e. The Morgan fingerprint density at radius 1 is 1.19 bits per heavy atom. The van der Waals surface area contributed by atoms with Crippen LogP contribution in [0, 0.1) is 6.92 Å². The van der Waals surface area contributed by atoms with Crippen molar-refractivity contribution in [3.63, 3.8) is 0 Å². The zero-order chi connectivity index (χ0) is 16.4. The Balaban J connectivity index is 0.00000191. The third-order valence-corrected chi connectivity index (χ3v) is 3.53. The fraction of sp³-hybridized carbons (Fsp3) is 0.588. The maximum absolute atomic E-state index is 12.4. The summed E-state index contributed by atoms with van der Waals surface area (Å²) in [6, 6.07) is 5.45. The van der Waals surface area contributed by atoms with Gasteiger partial charge in [-0.05, 0) is 64.7 Å². The summed E-state index contributed by atoms with van der Waals surface area (Å²) in [6.45, 7) is 10.4. The van der Waals surface area contributed by atoms with Crippen LogP contribution in [0.5, 0.6) is 0 Å². The van der Waals surface area contributed by atoms with E-state index in [0.29, 0.717) is 10.6 Å². The molecule has 0 saturated heterocycles. The highest BCUT2D eigenvalue weighted by molar-refractivity contribution is 6.31. The average Bonchev–Trinajstić information content (AvgIpc) is 2.47. The second-order valence-corrected chi connectivity index (χ2v) is 5.41. The fourth-order valence-corrected chi connectivity index (χ4v) is 2.06. The molecule has 0 atom stereocenters. The molecule has 0 bridgehead atoms. The maximum atomic E-state index is 12.4. The number of benzene rings is 1. The summed E-state index contributed by atoms with van der Waals surface area (Å²) >= 11 is 5.99. The van der Waals surface area contributed by atoms with E-state index in [1.165, 1.54) is 0 Å². The van der Waals surface area contributed by atoms with Crippen LogP contribution in [0.1, 0.15) is 43.1 Å². The molecule has 1 rings (SSSR count). The van der Waals surface area contributed by atoms with E-state index in [-0.39, 0.29) is 5.91 Å². The van der Waals surface area contributed by atoms with Gasteiger partial charge in [0.1, 0.15) is 0 Å². The highest BCUT2D eigenvalue weighted by atomic mass is 35.5. The van der Waals surface area contributed by atoms with Crippen LogP contribution in [0.15, 0.2) is 18.2 Å². The van der Waals surface area contributed by atoms with Crippen molar-refractivity contribution in [2.24, 2.45) is 0 Å². The van der Waals surface area contributed by atoms with E-state index < -0.39 is 0 Å². The predicted molar refractivity (Wildman–Crippen MR) is 92.3 cm³/mol. The summed E-state index contributed by atoms with van der Waals surface area (Å²) in [5.41, 5.74) is 1.66. The Bertz CT molecular complexity index is 433. The Labute approximate surface area is 134 Å². The van der Waals surface area contributed by atoms with Crippen LogP contribution >= 0.6 is 11.6 Å². The van der Waals surface area contributed by atoms with Crippen molar-refractivity contribution in [1.82, 2.24) is 9.80 Å². The van der Waals surface area contributed by atoms with Crippen LogP contribution in [0.3, 0.4) is 0 Å². The first kappa shape index (κ1) is 19.9. The van der Waals surface area contributed by atoms with Crippen molar-refractivity contribution >= 4 is 17.5 Å². The van der Waals surface area contributed by atoms with E-state index in [2.05, 4.69) is 4.90 Å². The highest BCUT2D eigenvalue weighted by Crippen LogP contribution is 2.17. The Morgan fingerprint density at radius 3 is 2.29 bits per heavy atom. The lowest BCUT2D eigenvalue weighted by Gasteiger charge is -2.22. The summed E-state index contributed by atoms with van der Waals surface area (Å²) in [6.07, 6.45) is 0.985. The first-order valence-electron chi connectivity index (χ1n) is 7.65. The van der Waals surface area contributed by atoms with Gasteiger partial charge in [-0.1, -0.05) is 25.4 Å². The molecular formula is C17H29ClN2O. The van der Waals surface area contributed by atoms with Gasteiger partial charge < -0.3 is 9.80 Å². The minimum atomic E-state index is 0.0843. The molecule has 0 unspecified atom stereocenters. The number of rotatable bonds is 6. The van der Waals surface area contributed by atoms with Crippen molar-refractivity contribution in [2.75, 3.05) is 33.7 Å². The number of nitrogens with zero attached hydrogens (tertiary/aromatic N) is 2. The quantitative estimate of drug-likeness (QED) is 0.790. The van der Waals surface area contributed by atoms with E-state index in [1.807, 2.05) is 52.8 Å². The number of carbonyl (C=O) groups excluding carboxylic acids is 1. The molecule has 0 saturated carbocycles. The first-order chi connectivity index (χ1) is 9.95. The van der Waals surface area contributed by atoms with Crippen molar-refractivity contribution in [1.29, 1.82) is 0 Å². The van der Waals surface area contributed by atoms with E-state index in [9.17, 15) is 4.79 Å². The normalized spacial score (nSPS) is 10.1. The molecule has 0 N–H and O–H groups in total. The Hall–Kier alpha value is -1.06. The third-order valence-electron chi connectivity index (χ3n) is 3.11. The Kier molecular flexibility index (Phi) is 10.1. The molecule has 0 spiro atoms. The molecule has 1 aromatic rings. The molecule has 1 amide bonds. The molecule has 21 heavy (non-hydrogen) atoms. The standard InChI is InChI=1S/C15H23ClN2O.C2H6/c1-5-18(10-6-9-17(3)4)15(19)13-7-8-14(16)12(2)11-13;1-2/h7-8,11H,5-6,9-10H2,1-4H3;1-2H3. The number of aryl methyl sites for hydroxylation is 1. The highest BCUT2D eigenvalue weighted by Gasteiger charge is 2.14. The van der Waals surface area contributed by atoms with Crippen LogP contribution in [-0.2, 0) is 0 Å². The summed E-state index contributed by atoms with van der Waals surface area (Å²) in [5, 5.41) is 0.701. The van der Waals surface area contributed by atoms with Crippen LogP contribution in [0.4, 0.5) is 0 Å². The topological polar surface area (TPSA) is 23.6 Å². The predicted octanol–water partition coefficient (Wildman–Crippen LogP) is 4.09. The van der Waals surface area contributed by atoms with Gasteiger partial charge in [0, 0.05) is 23.7 Å². The van der Waals surface area contributed by atoms with Gasteiger partial charge in [-0.2, -0.15) is 0 Å². The molecule has 0 heterocycles. The molecule has 1 aromatic carbocycles. The van der Waals surface area contributed by atoms with E-state index in [1.54, 1.807) is 12.1 Å². The summed E-state index contributed by atoms with van der Waals surface area (Å²) in [4.78, 5) is 16.4. The Morgan fingerprint density at radius 2 is 1.81 bits per heavy atom. The van der Waals surface area contributed by atoms with Crippen molar-refractivity contribution in [3.05, 3.63) is 34.3 Å². The van der Waals surface area contributed by atoms with Crippen molar-refractivity contribution in [3.8, 4) is 0 Å². The van der Waals surface area contributed by atoms with Gasteiger partial charge in [0.25, 0.3) is 5.91 Å². The lowest BCUT2D eigenvalue weighted by Crippen LogP contribution is -2.33. The van der Waals surface area contributed by atoms with Gasteiger partial charge in [-0.3, -0.25) is 4.79 Å². The van der Waals surface area contributed by atoms with Gasteiger partial charge in [0.05, 0.1) is 0 Å². The van der Waals surface area contributed by atoms with Gasteiger partial charge in [-0.15, -0.1) is 0 Å². The fourth-order valence-electron chi connectivity index (χ4n) is 1.94. The monoisotopic (exact) mass is 312 g/mol. The molecule has 0 aromatic heterocycles. The first-order valence-corrected chi connectivity index (χ1v) is 8.03. The second-order valence-electron chi connectivity index (χ2n) is 5.01. The van der Waals surface area contributed by atoms with Crippen molar-refractivity contribution < 1.29 is 4.79 Å². The van der Waals surface area contributed by atoms with Crippen LogP contribution in [0.2, 0.25) is 5.02 Å². The van der Waals surface area contributed by atoms with Crippen LogP contribution in [0.25, 0.3) is 0 Å². The van der Waals surface area contributed by atoms with Gasteiger partial charge in [0.2, 0.25) is 0 Å². The van der Waals surface area contributed by atoms with Crippen LogP contribution < -0.4 is 0 Å². The molecular weight excluding hydrogens is 284 g/mol. The molecule has 120 valence electrons. The number of hydrogen-bond donors (Lipinski definition) is 0. The lowest BCUT2D eigenvalue weighted by molar-refractivity contribution is 0.0759. The van der Waals surface area contributed by atoms with Crippen LogP contribution in [-0.4, -0.2) is 49.4 Å². The summed E-state index contributed by atoms with van der Waals surface area (Å²) in [5.74, 6) is 0.0843. The molecule has 0 aliphatic carbocycles. The number of carbonyl (C=O) groups is 1. The summed E-state index contributed by atoms with van der Waals surface area (Å²) in [7, 11) is 4.08. The summed E-state index contributed by atoms with van der Waals surface area (Å²) < 4.78 is 0. The van der Waals surface area contributed by atoms with Gasteiger partial charge in [0.15, 0.2) is 0 Å². The van der Waals surface area contributed by atoms with Gasteiger partial charge in [-0.25, -0.2) is 0 Å². The molecule has 0 aliphatic heterocycles. The lowest BCUT2D eigenvalue weighted by atomic mass is 10.1. The average molecular weight is 313 g/mol. The van der Waals surface area contributed by atoms with E-state index in [0.717, 1.165) is 31.6 Å².